The van der Waals surface area contributed by atoms with Crippen LogP contribution in [0.1, 0.15) is 66.5 Å². The minimum absolute atomic E-state index is 0.0975. The summed E-state index contributed by atoms with van der Waals surface area (Å²) in [5.74, 6) is -1.78. The number of carbonyl (C=O) groups excluding carboxylic acids is 2. The van der Waals surface area contributed by atoms with E-state index in [0.717, 1.165) is 0 Å². The van der Waals surface area contributed by atoms with Crippen LogP contribution in [0.15, 0.2) is 31.5 Å². The van der Waals surface area contributed by atoms with Gasteiger partial charge in [-0.25, -0.2) is 4.68 Å². The van der Waals surface area contributed by atoms with Gasteiger partial charge in [-0.05, 0) is 32.1 Å². The summed E-state index contributed by atoms with van der Waals surface area (Å²) in [6.07, 6.45) is 2.82. The Kier molecular flexibility index (Phi) is 7.05. The smallest absolute Gasteiger partial charge is 0.303 e. The minimum Gasteiger partial charge on any atom is -0.457 e. The molecule has 1 aromatic heterocycles. The van der Waals surface area contributed by atoms with Crippen molar-refractivity contribution in [2.24, 2.45) is 16.7 Å². The highest BCUT2D eigenvalue weighted by Gasteiger charge is 2.81. The van der Waals surface area contributed by atoms with Crippen molar-refractivity contribution in [1.29, 1.82) is 0 Å². The monoisotopic (exact) mass is 531 g/mol. The van der Waals surface area contributed by atoms with Crippen molar-refractivity contribution < 1.29 is 34.0 Å². The fourth-order valence-corrected chi connectivity index (χ4v) is 7.71. The Bertz CT molecular complexity index is 1130. The third-order valence-corrected chi connectivity index (χ3v) is 9.32. The van der Waals surface area contributed by atoms with Gasteiger partial charge in [-0.2, -0.15) is 0 Å². The zero-order valence-corrected chi connectivity index (χ0v) is 23.3. The molecule has 3 fully saturated rings. The molecule has 10 heteroatoms. The van der Waals surface area contributed by atoms with Crippen LogP contribution in [0.3, 0.4) is 0 Å². The molecule has 38 heavy (non-hydrogen) atoms. The van der Waals surface area contributed by atoms with Gasteiger partial charge in [-0.3, -0.25) is 9.59 Å². The van der Waals surface area contributed by atoms with Crippen LogP contribution in [-0.2, 0) is 37.0 Å². The molecule has 0 unspecified atom stereocenters. The Balaban J connectivity index is 1.85. The zero-order chi connectivity index (χ0) is 28.3. The summed E-state index contributed by atoms with van der Waals surface area (Å²) in [7, 11) is 0. The Morgan fingerprint density at radius 1 is 1.29 bits per heavy atom. The first kappa shape index (κ1) is 28.6. The molecule has 4 rings (SSSR count). The van der Waals surface area contributed by atoms with Gasteiger partial charge in [0, 0.05) is 24.7 Å². The fraction of sp³-hybridized carbons (Fsp3) is 0.714. The molecule has 0 radical (unpaired) electrons. The molecule has 0 amide bonds. The Morgan fingerprint density at radius 2 is 1.97 bits per heavy atom. The molecular weight excluding hydrogens is 490 g/mol. The number of Topliss-reactive ketones (excluding diaryl/α,β-unsaturated/α-hetero) is 1. The van der Waals surface area contributed by atoms with E-state index in [0.29, 0.717) is 25.1 Å². The average molecular weight is 532 g/mol. The average Bonchev–Trinajstić information content (AvgIpc) is 3.26. The molecule has 210 valence electrons. The number of ether oxygens (including phenoxy) is 3. The van der Waals surface area contributed by atoms with Crippen LogP contribution in [0.25, 0.3) is 0 Å². The SMILES string of the molecule is C=CCn1cc(CO[C@H]2CCC(C)(C)[C@@H]3[C@H](O)[C@H](OC(C)=O)[C@@]4(C)O[C@@](C)(C=C)CC(=O)[C@]4(O)[C@@]23C)nn1. The molecule has 0 aromatic carbocycles. The summed E-state index contributed by atoms with van der Waals surface area (Å²) in [6, 6.07) is 0. The molecule has 0 bridgehead atoms. The number of esters is 1. The predicted octanol–water partition coefficient (Wildman–Crippen LogP) is 2.52. The quantitative estimate of drug-likeness (QED) is 0.402. The summed E-state index contributed by atoms with van der Waals surface area (Å²) in [4.78, 5) is 26.4. The van der Waals surface area contributed by atoms with Crippen LogP contribution >= 0.6 is 0 Å². The van der Waals surface area contributed by atoms with E-state index in [1.54, 1.807) is 37.7 Å². The Morgan fingerprint density at radius 3 is 2.58 bits per heavy atom. The number of aliphatic hydroxyl groups excluding tert-OH is 1. The first-order valence-electron chi connectivity index (χ1n) is 13.2. The number of hydrogen-bond acceptors (Lipinski definition) is 9. The summed E-state index contributed by atoms with van der Waals surface area (Å²) in [6.45, 7) is 18.4. The van der Waals surface area contributed by atoms with Gasteiger partial charge in [0.05, 0.1) is 37.2 Å². The Hall–Kier alpha value is -2.40. The predicted molar refractivity (Wildman–Crippen MR) is 138 cm³/mol. The number of hydrogen-bond donors (Lipinski definition) is 2. The lowest BCUT2D eigenvalue weighted by molar-refractivity contribution is -0.373. The van der Waals surface area contributed by atoms with E-state index in [4.69, 9.17) is 14.2 Å². The lowest BCUT2D eigenvalue weighted by Gasteiger charge is -2.71. The molecule has 1 aliphatic heterocycles. The van der Waals surface area contributed by atoms with Crippen molar-refractivity contribution in [3.63, 3.8) is 0 Å². The van der Waals surface area contributed by atoms with Crippen LogP contribution in [0.4, 0.5) is 0 Å². The van der Waals surface area contributed by atoms with Crippen molar-refractivity contribution in [1.82, 2.24) is 15.0 Å². The van der Waals surface area contributed by atoms with E-state index in [2.05, 4.69) is 23.5 Å². The summed E-state index contributed by atoms with van der Waals surface area (Å²) in [5, 5.41) is 32.9. The standard InChI is InChI=1S/C28H41N3O7/c1-9-13-31-15-18(29-30-31)16-36-20-11-12-24(4,5)22-21(34)23(37-17(3)32)27(8)28(35,26(20,22)7)19(33)14-25(6,10-2)38-27/h9-10,15,20-23,34-35H,1-2,11-14,16H2,3-8H3/t20-,21-,22-,23-,25-,26-,27+,28-/m0/s1. The number of aliphatic hydroxyl groups is 2. The summed E-state index contributed by atoms with van der Waals surface area (Å²) in [5.41, 5.74) is -6.33. The van der Waals surface area contributed by atoms with Gasteiger partial charge in [0.2, 0.25) is 0 Å². The first-order chi connectivity index (χ1) is 17.6. The van der Waals surface area contributed by atoms with E-state index < -0.39 is 63.6 Å². The number of ketones is 1. The van der Waals surface area contributed by atoms with Gasteiger partial charge in [0.15, 0.2) is 17.5 Å². The van der Waals surface area contributed by atoms with Gasteiger partial charge < -0.3 is 24.4 Å². The minimum atomic E-state index is -2.16. The maximum atomic E-state index is 14.1. The van der Waals surface area contributed by atoms with E-state index >= 15 is 0 Å². The van der Waals surface area contributed by atoms with Gasteiger partial charge in [-0.1, -0.05) is 38.1 Å². The topological polar surface area (TPSA) is 133 Å². The van der Waals surface area contributed by atoms with Crippen molar-refractivity contribution in [2.45, 2.75) is 109 Å². The maximum Gasteiger partial charge on any atom is 0.303 e. The number of nitrogens with zero attached hydrogens (tertiary/aromatic N) is 3. The second kappa shape index (κ2) is 9.36. The zero-order valence-electron chi connectivity index (χ0n) is 23.3. The summed E-state index contributed by atoms with van der Waals surface area (Å²) >= 11 is 0. The van der Waals surface area contributed by atoms with Crippen LogP contribution in [0, 0.1) is 16.7 Å². The second-order valence-electron chi connectivity index (χ2n) is 12.4. The van der Waals surface area contributed by atoms with Crippen LogP contribution in [-0.4, -0.2) is 72.1 Å². The maximum absolute atomic E-state index is 14.1. The third kappa shape index (κ3) is 3.99. The number of fused-ring (bicyclic) bond motifs is 3. The molecule has 2 aliphatic carbocycles. The van der Waals surface area contributed by atoms with Crippen molar-refractivity contribution in [3.05, 3.63) is 37.2 Å². The molecule has 3 aliphatic rings. The molecule has 2 heterocycles. The number of carbonyl (C=O) groups is 2. The normalized spacial score (nSPS) is 42.1. The van der Waals surface area contributed by atoms with Gasteiger partial charge >= 0.3 is 5.97 Å². The van der Waals surface area contributed by atoms with E-state index in [1.165, 1.54) is 13.0 Å². The molecule has 8 atom stereocenters. The van der Waals surface area contributed by atoms with Gasteiger partial charge in [0.25, 0.3) is 0 Å². The van der Waals surface area contributed by atoms with Crippen LogP contribution in [0.2, 0.25) is 0 Å². The van der Waals surface area contributed by atoms with Crippen molar-refractivity contribution in [3.8, 4) is 0 Å². The number of allylic oxidation sites excluding steroid dienone is 1. The van der Waals surface area contributed by atoms with Crippen LogP contribution in [0.5, 0.6) is 0 Å². The van der Waals surface area contributed by atoms with Crippen molar-refractivity contribution in [2.75, 3.05) is 0 Å². The first-order valence-corrected chi connectivity index (χ1v) is 13.2. The molecule has 10 nitrogen and oxygen atoms in total. The molecule has 1 aromatic rings. The second-order valence-corrected chi connectivity index (χ2v) is 12.4. The third-order valence-electron chi connectivity index (χ3n) is 9.32. The molecule has 1 saturated heterocycles. The van der Waals surface area contributed by atoms with Crippen LogP contribution < -0.4 is 0 Å². The lowest BCUT2D eigenvalue weighted by atomic mass is 9.39. The van der Waals surface area contributed by atoms with Gasteiger partial charge in [-0.15, -0.1) is 18.3 Å². The molecule has 2 N–H and O–H groups in total. The Labute approximate surface area is 224 Å². The highest BCUT2D eigenvalue weighted by molar-refractivity contribution is 5.92. The summed E-state index contributed by atoms with van der Waals surface area (Å²) < 4.78 is 20.2. The highest BCUT2D eigenvalue weighted by atomic mass is 16.6. The number of aromatic nitrogens is 3. The lowest BCUT2D eigenvalue weighted by Crippen LogP contribution is -2.86. The molecule has 0 spiro atoms. The van der Waals surface area contributed by atoms with E-state index in [9.17, 15) is 19.8 Å². The van der Waals surface area contributed by atoms with E-state index in [1.807, 2.05) is 13.8 Å². The number of rotatable bonds is 7. The molecule has 2 saturated carbocycles. The largest absolute Gasteiger partial charge is 0.457 e. The fourth-order valence-electron chi connectivity index (χ4n) is 7.71. The highest BCUT2D eigenvalue weighted by Crippen LogP contribution is 2.67. The molecular formula is C28H41N3O7. The van der Waals surface area contributed by atoms with Crippen molar-refractivity contribution >= 4 is 11.8 Å². The van der Waals surface area contributed by atoms with Gasteiger partial charge in [0.1, 0.15) is 11.3 Å². The van der Waals surface area contributed by atoms with E-state index in [-0.39, 0.29) is 13.0 Å².